The molecule has 0 saturated heterocycles. The van der Waals surface area contributed by atoms with Crippen molar-refractivity contribution in [1.82, 2.24) is 0 Å². The number of hydrogen-bond donors (Lipinski definition) is 2. The predicted octanol–water partition coefficient (Wildman–Crippen LogP) is 3.21. The first-order valence-electron chi connectivity index (χ1n) is 5.11. The highest BCUT2D eigenvalue weighted by molar-refractivity contribution is 6.30. The lowest BCUT2D eigenvalue weighted by atomic mass is 10.2. The van der Waals surface area contributed by atoms with Crippen LogP contribution < -0.4 is 10.5 Å². The van der Waals surface area contributed by atoms with Crippen molar-refractivity contribution >= 4 is 17.3 Å². The summed E-state index contributed by atoms with van der Waals surface area (Å²) in [7, 11) is 0. The van der Waals surface area contributed by atoms with E-state index in [2.05, 4.69) is 0 Å². The van der Waals surface area contributed by atoms with Crippen molar-refractivity contribution in [2.45, 2.75) is 6.61 Å². The number of nitrogens with two attached hydrogens (primary N) is 1. The Balaban J connectivity index is 2.09. The number of phenols is 1. The third-order valence-electron chi connectivity index (χ3n) is 2.28. The first kappa shape index (κ1) is 11.6. The molecule has 0 unspecified atom stereocenters. The second-order valence-corrected chi connectivity index (χ2v) is 4.08. The van der Waals surface area contributed by atoms with Crippen molar-refractivity contribution in [3.8, 4) is 11.5 Å². The Morgan fingerprint density at radius 3 is 2.76 bits per heavy atom. The average Bonchev–Trinajstić information content (AvgIpc) is 2.30. The molecular formula is C13H12ClNO2. The molecule has 2 rings (SSSR count). The topological polar surface area (TPSA) is 55.5 Å². The molecule has 4 heteroatoms. The molecule has 0 heterocycles. The molecule has 0 bridgehead atoms. The molecule has 0 amide bonds. The van der Waals surface area contributed by atoms with Crippen molar-refractivity contribution in [2.75, 3.05) is 5.73 Å². The maximum Gasteiger partial charge on any atom is 0.144 e. The van der Waals surface area contributed by atoms with Gasteiger partial charge in [-0.2, -0.15) is 0 Å². The quantitative estimate of drug-likeness (QED) is 0.822. The van der Waals surface area contributed by atoms with Crippen molar-refractivity contribution in [3.05, 3.63) is 53.1 Å². The summed E-state index contributed by atoms with van der Waals surface area (Å²) in [6, 6.07) is 11.9. The molecule has 17 heavy (non-hydrogen) atoms. The molecule has 0 aliphatic carbocycles. The predicted molar refractivity (Wildman–Crippen MR) is 68.3 cm³/mol. The van der Waals surface area contributed by atoms with Gasteiger partial charge in [0, 0.05) is 11.1 Å². The first-order chi connectivity index (χ1) is 8.15. The molecule has 2 aromatic carbocycles. The van der Waals surface area contributed by atoms with Gasteiger partial charge < -0.3 is 15.6 Å². The summed E-state index contributed by atoms with van der Waals surface area (Å²) in [6.07, 6.45) is 0. The summed E-state index contributed by atoms with van der Waals surface area (Å²) in [5.41, 5.74) is 7.15. The molecule has 0 fully saturated rings. The van der Waals surface area contributed by atoms with E-state index in [1.807, 2.05) is 6.07 Å². The van der Waals surface area contributed by atoms with E-state index in [9.17, 15) is 5.11 Å². The zero-order chi connectivity index (χ0) is 12.3. The monoisotopic (exact) mass is 249 g/mol. The highest BCUT2D eigenvalue weighted by atomic mass is 35.5. The molecule has 0 aromatic heterocycles. The minimum atomic E-state index is 0.213. The molecule has 0 saturated carbocycles. The van der Waals surface area contributed by atoms with Gasteiger partial charge in [-0.1, -0.05) is 23.7 Å². The van der Waals surface area contributed by atoms with Crippen molar-refractivity contribution < 1.29 is 9.84 Å². The van der Waals surface area contributed by atoms with Crippen molar-refractivity contribution in [3.63, 3.8) is 0 Å². The Hall–Kier alpha value is -1.87. The van der Waals surface area contributed by atoms with Crippen LogP contribution in [0.1, 0.15) is 5.56 Å². The number of nitrogen functional groups attached to an aromatic ring is 1. The highest BCUT2D eigenvalue weighted by Gasteiger charge is 2.02. The van der Waals surface area contributed by atoms with Gasteiger partial charge in [-0.25, -0.2) is 0 Å². The molecule has 0 aliphatic rings. The van der Waals surface area contributed by atoms with Crippen molar-refractivity contribution in [2.24, 2.45) is 0 Å². The van der Waals surface area contributed by atoms with Crippen LogP contribution in [0.25, 0.3) is 0 Å². The minimum absolute atomic E-state index is 0.213. The largest absolute Gasteiger partial charge is 0.508 e. The lowest BCUT2D eigenvalue weighted by Gasteiger charge is -2.09. The van der Waals surface area contributed by atoms with E-state index < -0.39 is 0 Å². The standard InChI is InChI=1S/C13H12ClNO2/c14-10-4-5-12(15)13(7-10)17-8-9-2-1-3-11(16)6-9/h1-7,16H,8,15H2. The number of benzene rings is 2. The van der Waals surface area contributed by atoms with Crippen LogP contribution in [0.2, 0.25) is 5.02 Å². The van der Waals surface area contributed by atoms with Crippen LogP contribution >= 0.6 is 11.6 Å². The van der Waals surface area contributed by atoms with Gasteiger partial charge in [0.05, 0.1) is 5.69 Å². The van der Waals surface area contributed by atoms with Gasteiger partial charge in [0.1, 0.15) is 18.1 Å². The first-order valence-corrected chi connectivity index (χ1v) is 5.48. The van der Waals surface area contributed by atoms with Crippen LogP contribution in [0.5, 0.6) is 11.5 Å². The van der Waals surface area contributed by atoms with Crippen molar-refractivity contribution in [1.29, 1.82) is 0 Å². The van der Waals surface area contributed by atoms with Crippen LogP contribution in [-0.2, 0) is 6.61 Å². The number of phenolic OH excluding ortho intramolecular Hbond substituents is 1. The average molecular weight is 250 g/mol. The molecule has 3 nitrogen and oxygen atoms in total. The number of ether oxygens (including phenoxy) is 1. The number of rotatable bonds is 3. The summed E-state index contributed by atoms with van der Waals surface area (Å²) >= 11 is 5.85. The summed E-state index contributed by atoms with van der Waals surface area (Å²) < 4.78 is 5.54. The molecule has 0 spiro atoms. The normalized spacial score (nSPS) is 10.2. The summed E-state index contributed by atoms with van der Waals surface area (Å²) in [5.74, 6) is 0.756. The molecular weight excluding hydrogens is 238 g/mol. The maximum atomic E-state index is 9.31. The van der Waals surface area contributed by atoms with E-state index in [4.69, 9.17) is 22.1 Å². The van der Waals surface area contributed by atoms with Gasteiger partial charge >= 0.3 is 0 Å². The Kier molecular flexibility index (Phi) is 3.40. The Morgan fingerprint density at radius 2 is 2.00 bits per heavy atom. The van der Waals surface area contributed by atoms with E-state index >= 15 is 0 Å². The van der Waals surface area contributed by atoms with E-state index in [1.165, 1.54) is 0 Å². The Morgan fingerprint density at radius 1 is 1.18 bits per heavy atom. The molecule has 3 N–H and O–H groups in total. The van der Waals surface area contributed by atoms with E-state index in [0.717, 1.165) is 5.56 Å². The van der Waals surface area contributed by atoms with Crippen LogP contribution in [0.15, 0.2) is 42.5 Å². The molecule has 0 radical (unpaired) electrons. The molecule has 0 aliphatic heterocycles. The van der Waals surface area contributed by atoms with Gasteiger partial charge in [0.2, 0.25) is 0 Å². The molecule has 2 aromatic rings. The fourth-order valence-corrected chi connectivity index (χ4v) is 1.60. The van der Waals surface area contributed by atoms with Gasteiger partial charge in [0.15, 0.2) is 0 Å². The van der Waals surface area contributed by atoms with Gasteiger partial charge in [-0.05, 0) is 29.8 Å². The van der Waals surface area contributed by atoms with E-state index in [-0.39, 0.29) is 5.75 Å². The number of anilines is 1. The zero-order valence-corrected chi connectivity index (χ0v) is 9.82. The number of aromatic hydroxyl groups is 1. The van der Waals surface area contributed by atoms with Gasteiger partial charge in [-0.15, -0.1) is 0 Å². The van der Waals surface area contributed by atoms with E-state index in [0.29, 0.717) is 23.1 Å². The Labute approximate surface area is 104 Å². The number of hydrogen-bond acceptors (Lipinski definition) is 3. The molecule has 88 valence electrons. The lowest BCUT2D eigenvalue weighted by Crippen LogP contribution is -1.98. The molecule has 0 atom stereocenters. The number of halogens is 1. The minimum Gasteiger partial charge on any atom is -0.508 e. The van der Waals surface area contributed by atoms with Gasteiger partial charge in [-0.3, -0.25) is 0 Å². The second-order valence-electron chi connectivity index (χ2n) is 3.64. The summed E-state index contributed by atoms with van der Waals surface area (Å²) in [5, 5.41) is 9.88. The third kappa shape index (κ3) is 3.04. The van der Waals surface area contributed by atoms with E-state index in [1.54, 1.807) is 36.4 Å². The van der Waals surface area contributed by atoms with Gasteiger partial charge in [0.25, 0.3) is 0 Å². The zero-order valence-electron chi connectivity index (χ0n) is 9.06. The van der Waals surface area contributed by atoms with Crippen LogP contribution in [-0.4, -0.2) is 5.11 Å². The fourth-order valence-electron chi connectivity index (χ4n) is 1.44. The van der Waals surface area contributed by atoms with Crippen LogP contribution in [0.4, 0.5) is 5.69 Å². The summed E-state index contributed by atoms with van der Waals surface area (Å²) in [4.78, 5) is 0. The second kappa shape index (κ2) is 4.97. The Bertz CT molecular complexity index is 529. The maximum absolute atomic E-state index is 9.31. The lowest BCUT2D eigenvalue weighted by molar-refractivity contribution is 0.307. The highest BCUT2D eigenvalue weighted by Crippen LogP contribution is 2.26. The third-order valence-corrected chi connectivity index (χ3v) is 2.52. The fraction of sp³-hybridized carbons (Fsp3) is 0.0769. The van der Waals surface area contributed by atoms with Crippen LogP contribution in [0, 0.1) is 0 Å². The summed E-state index contributed by atoms with van der Waals surface area (Å²) in [6.45, 7) is 0.332. The SMILES string of the molecule is Nc1ccc(Cl)cc1OCc1cccc(O)c1. The van der Waals surface area contributed by atoms with Crippen LogP contribution in [0.3, 0.4) is 0 Å². The smallest absolute Gasteiger partial charge is 0.144 e.